The van der Waals surface area contributed by atoms with Gasteiger partial charge in [-0.1, -0.05) is 11.6 Å². The summed E-state index contributed by atoms with van der Waals surface area (Å²) < 4.78 is 3.28. The fourth-order valence-corrected chi connectivity index (χ4v) is 1.55. The summed E-state index contributed by atoms with van der Waals surface area (Å²) in [5.74, 6) is 4.50. The third-order valence-corrected chi connectivity index (χ3v) is 1.55. The second-order valence-corrected chi connectivity index (χ2v) is 4.75. The molecule has 0 unspecified atom stereocenters. The topological polar surface area (TPSA) is 15.3 Å². The van der Waals surface area contributed by atoms with Gasteiger partial charge in [-0.2, -0.15) is 0 Å². The van der Waals surface area contributed by atoms with Crippen molar-refractivity contribution >= 4 is 14.4 Å². The monoisotopic (exact) mass is 116 g/mol. The highest BCUT2D eigenvalue weighted by atomic mass is 27.2. The predicted molar refractivity (Wildman–Crippen MR) is 34.3 cm³/mol. The molecule has 0 heterocycles. The molecule has 7 heavy (non-hydrogen) atoms. The van der Waals surface area contributed by atoms with E-state index >= 15 is 0 Å². The van der Waals surface area contributed by atoms with Crippen molar-refractivity contribution in [1.29, 1.82) is 0 Å². The number of hydrazine groups is 1. The largest absolute Gasteiger partial charge is 0.379 e. The lowest BCUT2D eigenvalue weighted by Crippen LogP contribution is -2.39. The Morgan fingerprint density at radius 2 is 1.71 bits per heavy atom. The molecule has 2 nitrogen and oxygen atoms in total. The predicted octanol–water partition coefficient (Wildman–Crippen LogP) is 0.304. The van der Waals surface area contributed by atoms with E-state index in [1.54, 1.807) is 0 Å². The Kier molecular flexibility index (Phi) is 3.68. The molecule has 3 heteroatoms. The zero-order chi connectivity index (χ0) is 5.86. The van der Waals surface area contributed by atoms with E-state index in [9.17, 15) is 0 Å². The van der Waals surface area contributed by atoms with E-state index in [0.717, 1.165) is 0 Å². The van der Waals surface area contributed by atoms with Crippen LogP contribution in [0.2, 0.25) is 11.6 Å². The van der Waals surface area contributed by atoms with Crippen LogP contribution in [0.25, 0.3) is 0 Å². The van der Waals surface area contributed by atoms with Crippen LogP contribution in [0.4, 0.5) is 0 Å². The fraction of sp³-hybridized carbons (Fsp3) is 1.00. The Labute approximate surface area is 50.1 Å². The molecular formula is C4H13AlN2. The minimum absolute atomic E-state index is 0.552. The van der Waals surface area contributed by atoms with Crippen molar-refractivity contribution in [3.05, 3.63) is 0 Å². The molecule has 0 aromatic carbocycles. The molecule has 0 rings (SSSR count). The Hall–Kier alpha value is 0.452. The average molecular weight is 116 g/mol. The molecule has 42 valence electrons. The van der Waals surface area contributed by atoms with E-state index in [1.165, 1.54) is 0 Å². The standard InChI is InChI=1S/C2H7N2.2CH3.Al/c1-4(2)3;;;/h3H,1-2H3;2*1H3;/q-1;;;+1. The fourth-order valence-electron chi connectivity index (χ4n) is 0.516. The molecule has 0 atom stereocenters. The molecule has 1 N–H and O–H groups in total. The maximum Gasteiger partial charge on any atom is 0.379 e. The molecule has 0 bridgehead atoms. The van der Waals surface area contributed by atoms with E-state index in [0.29, 0.717) is 0 Å². The Morgan fingerprint density at radius 1 is 1.29 bits per heavy atom. The van der Waals surface area contributed by atoms with Gasteiger partial charge in [-0.25, -0.2) is 0 Å². The number of nitrogens with one attached hydrogen (secondary N) is 1. The first-order valence-electron chi connectivity index (χ1n) is 2.56. The Bertz CT molecular complexity index is 39.0. The number of hydrogen-bond acceptors (Lipinski definition) is 2. The average Bonchev–Trinajstić information content (AvgIpc) is 1.27. The van der Waals surface area contributed by atoms with E-state index in [2.05, 4.69) is 16.0 Å². The summed E-state index contributed by atoms with van der Waals surface area (Å²) in [7, 11) is 4.04. The molecule has 0 amide bonds. The van der Waals surface area contributed by atoms with Gasteiger partial charge in [0.2, 0.25) is 0 Å². The maximum atomic E-state index is 3.28. The van der Waals surface area contributed by atoms with Crippen molar-refractivity contribution in [1.82, 2.24) is 9.42 Å². The van der Waals surface area contributed by atoms with Crippen LogP contribution in [0.5, 0.6) is 0 Å². The van der Waals surface area contributed by atoms with Crippen molar-refractivity contribution in [2.24, 2.45) is 0 Å². The van der Waals surface area contributed by atoms with Gasteiger partial charge in [0, 0.05) is 0 Å². The molecular weight excluding hydrogens is 103 g/mol. The van der Waals surface area contributed by atoms with Gasteiger partial charge in [0.1, 0.15) is 0 Å². The van der Waals surface area contributed by atoms with Crippen LogP contribution in [-0.4, -0.2) is 33.5 Å². The van der Waals surface area contributed by atoms with E-state index in [4.69, 9.17) is 0 Å². The lowest BCUT2D eigenvalue weighted by Gasteiger charge is -2.11. The summed E-state index contributed by atoms with van der Waals surface area (Å²) in [4.78, 5) is 0. The molecule has 0 aliphatic rings. The van der Waals surface area contributed by atoms with Crippen LogP contribution >= 0.6 is 0 Å². The lowest BCUT2D eigenvalue weighted by atomic mass is 11.2. The third-order valence-electron chi connectivity index (χ3n) is 0.516. The zero-order valence-corrected chi connectivity index (χ0v) is 6.68. The van der Waals surface area contributed by atoms with Gasteiger partial charge < -0.3 is 4.41 Å². The van der Waals surface area contributed by atoms with Crippen molar-refractivity contribution in [2.75, 3.05) is 14.1 Å². The normalized spacial score (nSPS) is 9.86. The summed E-state index contributed by atoms with van der Waals surface area (Å²) in [6.07, 6.45) is 0. The molecule has 0 saturated heterocycles. The second kappa shape index (κ2) is 3.45. The summed E-state index contributed by atoms with van der Waals surface area (Å²) in [6.45, 7) is 0. The summed E-state index contributed by atoms with van der Waals surface area (Å²) in [6, 6.07) is 0. The van der Waals surface area contributed by atoms with Crippen LogP contribution in [-0.2, 0) is 0 Å². The first-order chi connectivity index (χ1) is 3.13. The lowest BCUT2D eigenvalue weighted by molar-refractivity contribution is 0.370. The second-order valence-electron chi connectivity index (χ2n) is 2.18. The quantitative estimate of drug-likeness (QED) is 0.412. The van der Waals surface area contributed by atoms with Gasteiger partial charge in [0.15, 0.2) is 0 Å². The Balaban J connectivity index is 2.95. The van der Waals surface area contributed by atoms with Crippen LogP contribution < -0.4 is 4.41 Å². The van der Waals surface area contributed by atoms with Gasteiger partial charge in [0.05, 0.1) is 0 Å². The highest BCUT2D eigenvalue weighted by Crippen LogP contribution is 1.70. The van der Waals surface area contributed by atoms with Crippen molar-refractivity contribution < 1.29 is 0 Å². The van der Waals surface area contributed by atoms with Gasteiger partial charge in [-0.15, -0.1) is 0 Å². The SMILES string of the molecule is CN(C)[NH][Al]([CH3])[CH3]. The molecule has 0 radical (unpaired) electrons. The molecule has 0 aromatic rings. The van der Waals surface area contributed by atoms with Gasteiger partial charge in [-0.3, -0.25) is 5.01 Å². The minimum Gasteiger partial charge on any atom is -0.335 e. The number of hydrogen-bond donors (Lipinski definition) is 1. The third kappa shape index (κ3) is 6.45. The van der Waals surface area contributed by atoms with E-state index < -0.39 is 14.4 Å². The van der Waals surface area contributed by atoms with Gasteiger partial charge in [0.25, 0.3) is 0 Å². The van der Waals surface area contributed by atoms with Crippen molar-refractivity contribution in [3.8, 4) is 0 Å². The molecule has 0 aromatic heterocycles. The smallest absolute Gasteiger partial charge is 0.335 e. The first-order valence-corrected chi connectivity index (χ1v) is 5.45. The molecule has 0 aliphatic carbocycles. The van der Waals surface area contributed by atoms with Gasteiger partial charge in [-0.05, 0) is 14.1 Å². The van der Waals surface area contributed by atoms with E-state index in [-0.39, 0.29) is 0 Å². The van der Waals surface area contributed by atoms with Crippen molar-refractivity contribution in [3.63, 3.8) is 0 Å². The minimum atomic E-state index is -0.552. The van der Waals surface area contributed by atoms with Crippen LogP contribution in [0.3, 0.4) is 0 Å². The van der Waals surface area contributed by atoms with Crippen LogP contribution in [0, 0.1) is 0 Å². The molecule has 0 spiro atoms. The highest BCUT2D eigenvalue weighted by Gasteiger charge is 1.99. The summed E-state index contributed by atoms with van der Waals surface area (Å²) >= 11 is -0.552. The first kappa shape index (κ1) is 7.45. The Morgan fingerprint density at radius 3 is 1.71 bits per heavy atom. The van der Waals surface area contributed by atoms with Gasteiger partial charge >= 0.3 is 14.4 Å². The zero-order valence-electron chi connectivity index (χ0n) is 5.52. The van der Waals surface area contributed by atoms with Crippen LogP contribution in [0.1, 0.15) is 0 Å². The molecule has 0 saturated carbocycles. The van der Waals surface area contributed by atoms with Crippen molar-refractivity contribution in [2.45, 2.75) is 11.6 Å². The maximum absolute atomic E-state index is 3.28. The summed E-state index contributed by atoms with van der Waals surface area (Å²) in [5.41, 5.74) is 0. The highest BCUT2D eigenvalue weighted by molar-refractivity contribution is 6.52. The van der Waals surface area contributed by atoms with E-state index in [1.807, 2.05) is 19.1 Å². The molecule has 0 fully saturated rings. The summed E-state index contributed by atoms with van der Waals surface area (Å²) in [5, 5.41) is 2.01. The van der Waals surface area contributed by atoms with Crippen LogP contribution in [0.15, 0.2) is 0 Å². The number of rotatable bonds is 2. The molecule has 0 aliphatic heterocycles. The number of nitrogens with zero attached hydrogens (tertiary/aromatic N) is 1.